The van der Waals surface area contributed by atoms with Gasteiger partial charge in [0.1, 0.15) is 10.8 Å². The summed E-state index contributed by atoms with van der Waals surface area (Å²) < 4.78 is 1.86. The molecule has 0 N–H and O–H groups in total. The Hall–Kier alpha value is -4.30. The largest absolute Gasteiger partial charge is 0.265 e. The van der Waals surface area contributed by atoms with Gasteiger partial charge in [-0.3, -0.25) is 4.98 Å². The molecule has 0 bridgehead atoms. The Kier molecular flexibility index (Phi) is 5.12. The first-order valence-electron chi connectivity index (χ1n) is 10.8. The number of fused-ring (bicyclic) bond motifs is 1. The molecule has 4 aromatic heterocycles. The van der Waals surface area contributed by atoms with Crippen LogP contribution in [0.3, 0.4) is 0 Å². The van der Waals surface area contributed by atoms with E-state index < -0.39 is 0 Å². The second-order valence-corrected chi connectivity index (χ2v) is 8.79. The highest BCUT2D eigenvalue weighted by Gasteiger charge is 2.18. The van der Waals surface area contributed by atoms with E-state index in [1.54, 1.807) is 29.9 Å². The molecule has 0 radical (unpaired) electrons. The third-order valence-corrected chi connectivity index (χ3v) is 6.50. The fourth-order valence-electron chi connectivity index (χ4n) is 3.82. The van der Waals surface area contributed by atoms with Crippen LogP contribution in [0.25, 0.3) is 38.5 Å². The van der Waals surface area contributed by atoms with E-state index in [9.17, 15) is 0 Å². The minimum Gasteiger partial charge on any atom is -0.265 e. The summed E-state index contributed by atoms with van der Waals surface area (Å²) in [5, 5.41) is 17.4. The number of aryl methyl sites for hydroxylation is 1. The molecule has 0 saturated carbocycles. The second kappa shape index (κ2) is 8.57. The van der Waals surface area contributed by atoms with Crippen LogP contribution in [0.1, 0.15) is 17.1 Å². The molecule has 0 aliphatic heterocycles. The predicted molar refractivity (Wildman–Crippen MR) is 133 cm³/mol. The quantitative estimate of drug-likeness (QED) is 0.347. The number of hydrogen-bond donors (Lipinski definition) is 0. The summed E-state index contributed by atoms with van der Waals surface area (Å²) in [7, 11) is 0. The van der Waals surface area contributed by atoms with Gasteiger partial charge in [-0.05, 0) is 25.1 Å². The van der Waals surface area contributed by atoms with Gasteiger partial charge in [-0.25, -0.2) is 14.6 Å². The summed E-state index contributed by atoms with van der Waals surface area (Å²) in [6.07, 6.45) is 5.76. The summed E-state index contributed by atoms with van der Waals surface area (Å²) in [6, 6.07) is 20.2. The highest BCUT2D eigenvalue weighted by atomic mass is 32.1. The molecule has 7 nitrogen and oxygen atoms in total. The van der Waals surface area contributed by atoms with Crippen LogP contribution < -0.4 is 0 Å². The van der Waals surface area contributed by atoms with Gasteiger partial charge in [0, 0.05) is 34.3 Å². The summed E-state index contributed by atoms with van der Waals surface area (Å²) in [5.74, 6) is 1.41. The van der Waals surface area contributed by atoms with Crippen LogP contribution in [0, 0.1) is 6.92 Å². The zero-order chi connectivity index (χ0) is 22.9. The Bertz CT molecular complexity index is 1580. The molecule has 0 saturated heterocycles. The molecule has 8 heteroatoms. The highest BCUT2D eigenvalue weighted by Crippen LogP contribution is 2.27. The van der Waals surface area contributed by atoms with Crippen LogP contribution in [-0.2, 0) is 6.42 Å². The van der Waals surface area contributed by atoms with Gasteiger partial charge in [-0.15, -0.1) is 16.4 Å². The first-order chi connectivity index (χ1) is 16.7. The lowest BCUT2D eigenvalue weighted by molar-refractivity contribution is 0.805. The van der Waals surface area contributed by atoms with E-state index in [2.05, 4.69) is 51.8 Å². The molecule has 6 rings (SSSR count). The van der Waals surface area contributed by atoms with Gasteiger partial charge >= 0.3 is 0 Å². The van der Waals surface area contributed by atoms with Gasteiger partial charge in [-0.2, -0.15) is 10.2 Å². The van der Waals surface area contributed by atoms with E-state index in [1.807, 2.05) is 41.1 Å². The van der Waals surface area contributed by atoms with Crippen molar-refractivity contribution in [1.29, 1.82) is 0 Å². The number of rotatable bonds is 5. The average molecular weight is 462 g/mol. The Morgan fingerprint density at radius 3 is 2.56 bits per heavy atom. The molecule has 0 amide bonds. The van der Waals surface area contributed by atoms with Crippen molar-refractivity contribution in [3.63, 3.8) is 0 Å². The minimum absolute atomic E-state index is 0.539. The van der Waals surface area contributed by atoms with E-state index >= 15 is 0 Å². The van der Waals surface area contributed by atoms with Gasteiger partial charge in [-0.1, -0.05) is 48.0 Å². The maximum atomic E-state index is 4.89. The minimum atomic E-state index is 0.539. The molecule has 0 aliphatic rings. The second-order valence-electron chi connectivity index (χ2n) is 7.93. The maximum absolute atomic E-state index is 4.89. The van der Waals surface area contributed by atoms with Crippen molar-refractivity contribution in [2.45, 2.75) is 13.3 Å². The number of pyridine rings is 1. The molecule has 0 aliphatic carbocycles. The van der Waals surface area contributed by atoms with E-state index in [-0.39, 0.29) is 0 Å². The molecule has 0 fully saturated rings. The third-order valence-electron chi connectivity index (χ3n) is 5.56. The topological polar surface area (TPSA) is 82.3 Å². The van der Waals surface area contributed by atoms with Crippen LogP contribution in [0.5, 0.6) is 0 Å². The molecule has 34 heavy (non-hydrogen) atoms. The smallest absolute Gasteiger partial charge is 0.181 e. The van der Waals surface area contributed by atoms with Gasteiger partial charge in [0.15, 0.2) is 5.82 Å². The Morgan fingerprint density at radius 2 is 1.71 bits per heavy atom. The number of nitrogens with zero attached hydrogens (tertiary/aromatic N) is 7. The van der Waals surface area contributed by atoms with Gasteiger partial charge in [0.2, 0.25) is 0 Å². The fourth-order valence-corrected chi connectivity index (χ4v) is 4.64. The number of thiazole rings is 1. The maximum Gasteiger partial charge on any atom is 0.181 e. The van der Waals surface area contributed by atoms with Gasteiger partial charge < -0.3 is 0 Å². The highest BCUT2D eigenvalue weighted by molar-refractivity contribution is 7.13. The normalized spacial score (nSPS) is 11.2. The number of aromatic nitrogens is 7. The standard InChI is InChI=1S/C26H19N7S/c1-17-6-8-19(9-7-17)26-29-20(16-34-26)14-24-30-25(18-10-12-27-13-11-18)32-33(24)23-15-28-31-22-5-3-2-4-21(22)23/h2-13,15-16H,14H2,1H3. The molecule has 4 heterocycles. The Morgan fingerprint density at radius 1 is 0.882 bits per heavy atom. The van der Waals surface area contributed by atoms with Crippen molar-refractivity contribution in [2.75, 3.05) is 0 Å². The van der Waals surface area contributed by atoms with Crippen molar-refractivity contribution in [3.8, 4) is 27.6 Å². The van der Waals surface area contributed by atoms with E-state index in [0.29, 0.717) is 12.2 Å². The SMILES string of the molecule is Cc1ccc(-c2nc(Cc3nc(-c4ccncc4)nn3-c3cnnc4ccccc34)cs2)cc1. The molecule has 2 aromatic carbocycles. The lowest BCUT2D eigenvalue weighted by Crippen LogP contribution is -2.06. The monoisotopic (exact) mass is 461 g/mol. The van der Waals surface area contributed by atoms with Crippen LogP contribution >= 0.6 is 11.3 Å². The number of hydrogen-bond acceptors (Lipinski definition) is 7. The molecular weight excluding hydrogens is 442 g/mol. The predicted octanol–water partition coefficient (Wildman–Crippen LogP) is 5.30. The van der Waals surface area contributed by atoms with Crippen molar-refractivity contribution >= 4 is 22.2 Å². The van der Waals surface area contributed by atoms with E-state index in [1.165, 1.54) is 5.56 Å². The Labute approximate surface area is 199 Å². The fraction of sp³-hybridized carbons (Fsp3) is 0.0769. The van der Waals surface area contributed by atoms with Crippen molar-refractivity contribution < 1.29 is 0 Å². The van der Waals surface area contributed by atoms with E-state index in [0.717, 1.165) is 44.2 Å². The summed E-state index contributed by atoms with van der Waals surface area (Å²) in [5.41, 5.74) is 5.84. The molecule has 0 spiro atoms. The van der Waals surface area contributed by atoms with Crippen LogP contribution in [0.15, 0.2) is 84.6 Å². The summed E-state index contributed by atoms with van der Waals surface area (Å²) >= 11 is 1.64. The summed E-state index contributed by atoms with van der Waals surface area (Å²) in [4.78, 5) is 13.9. The van der Waals surface area contributed by atoms with Gasteiger partial charge in [0.05, 0.1) is 29.5 Å². The lowest BCUT2D eigenvalue weighted by Gasteiger charge is -2.07. The van der Waals surface area contributed by atoms with Crippen LogP contribution in [-0.4, -0.2) is 34.9 Å². The average Bonchev–Trinajstić information content (AvgIpc) is 3.52. The molecule has 0 atom stereocenters. The van der Waals surface area contributed by atoms with Crippen molar-refractivity contribution in [3.05, 3.63) is 102 Å². The van der Waals surface area contributed by atoms with E-state index in [4.69, 9.17) is 15.1 Å². The molecule has 0 unspecified atom stereocenters. The van der Waals surface area contributed by atoms with Crippen LogP contribution in [0.4, 0.5) is 0 Å². The molecule has 164 valence electrons. The van der Waals surface area contributed by atoms with Gasteiger partial charge in [0.25, 0.3) is 0 Å². The van der Waals surface area contributed by atoms with Crippen molar-refractivity contribution in [1.82, 2.24) is 34.9 Å². The Balaban J connectivity index is 1.44. The molecular formula is C26H19N7S. The zero-order valence-electron chi connectivity index (χ0n) is 18.3. The lowest BCUT2D eigenvalue weighted by atomic mass is 10.2. The molecule has 6 aromatic rings. The summed E-state index contributed by atoms with van der Waals surface area (Å²) in [6.45, 7) is 2.09. The van der Waals surface area contributed by atoms with Crippen LogP contribution in [0.2, 0.25) is 0 Å². The third kappa shape index (κ3) is 3.84. The first kappa shape index (κ1) is 20.3. The zero-order valence-corrected chi connectivity index (χ0v) is 19.1. The van der Waals surface area contributed by atoms with Crippen molar-refractivity contribution in [2.24, 2.45) is 0 Å². The number of benzene rings is 2. The first-order valence-corrected chi connectivity index (χ1v) is 11.7.